The summed E-state index contributed by atoms with van der Waals surface area (Å²) in [6.07, 6.45) is 0.239. The standard InChI is InChI=1S/C27H51NO5Si2/c1-19(2)35(20(3)4,21(5)6)33-26(29)28-23(18-32-34(12,13)27(7,8)9)14-22-15-24(30-10)17-25(16-22)31-11/h15-17,19-21,23H,14,18H2,1-13H3,(H,28,29)/t23-/m0/s1. The normalized spacial score (nSPS) is 13.8. The predicted molar refractivity (Wildman–Crippen MR) is 151 cm³/mol. The van der Waals surface area contributed by atoms with Gasteiger partial charge in [0.25, 0.3) is 8.32 Å². The number of hydrogen-bond acceptors (Lipinski definition) is 5. The fourth-order valence-corrected chi connectivity index (χ4v) is 10.8. The molecule has 202 valence electrons. The summed E-state index contributed by atoms with van der Waals surface area (Å²) >= 11 is 0. The van der Waals surface area contributed by atoms with Crippen molar-refractivity contribution in [3.63, 3.8) is 0 Å². The second-order valence-electron chi connectivity index (χ2n) is 12.0. The van der Waals surface area contributed by atoms with E-state index < -0.39 is 16.6 Å². The average Bonchev–Trinajstić information content (AvgIpc) is 2.73. The first-order valence-electron chi connectivity index (χ1n) is 12.9. The van der Waals surface area contributed by atoms with Crippen molar-refractivity contribution in [2.45, 2.75) is 110 Å². The molecule has 0 aliphatic rings. The van der Waals surface area contributed by atoms with Crippen LogP contribution in [0.2, 0.25) is 34.8 Å². The number of benzene rings is 1. The van der Waals surface area contributed by atoms with Crippen LogP contribution >= 0.6 is 0 Å². The SMILES string of the molecule is COc1cc(C[C@@H](CO[Si](C)(C)C(C)(C)C)NC(=O)O[Si](C(C)C)(C(C)C)C(C)C)cc(OC)c1. The van der Waals surface area contributed by atoms with Gasteiger partial charge in [0.2, 0.25) is 0 Å². The molecular weight excluding hydrogens is 474 g/mol. The molecule has 1 aromatic rings. The number of ether oxygens (including phenoxy) is 2. The van der Waals surface area contributed by atoms with Crippen LogP contribution in [-0.2, 0) is 15.3 Å². The largest absolute Gasteiger partial charge is 0.503 e. The zero-order valence-electron chi connectivity index (χ0n) is 24.5. The van der Waals surface area contributed by atoms with E-state index >= 15 is 0 Å². The number of rotatable bonds is 12. The highest BCUT2D eigenvalue weighted by atomic mass is 28.4. The minimum Gasteiger partial charge on any atom is -0.503 e. The van der Waals surface area contributed by atoms with Crippen LogP contribution in [0, 0.1) is 0 Å². The molecule has 1 rings (SSSR count). The van der Waals surface area contributed by atoms with Crippen molar-refractivity contribution in [3.05, 3.63) is 23.8 Å². The quantitative estimate of drug-likeness (QED) is 0.286. The third-order valence-corrected chi connectivity index (χ3v) is 18.1. The van der Waals surface area contributed by atoms with Gasteiger partial charge in [-0.15, -0.1) is 0 Å². The van der Waals surface area contributed by atoms with Crippen molar-refractivity contribution < 1.29 is 23.1 Å². The lowest BCUT2D eigenvalue weighted by molar-refractivity contribution is 0.177. The van der Waals surface area contributed by atoms with E-state index in [0.29, 0.717) is 29.7 Å². The molecule has 0 unspecified atom stereocenters. The highest BCUT2D eigenvalue weighted by Crippen LogP contribution is 2.42. The summed E-state index contributed by atoms with van der Waals surface area (Å²) in [5.41, 5.74) is 1.96. The first kappa shape index (κ1) is 31.5. The van der Waals surface area contributed by atoms with E-state index in [2.05, 4.69) is 80.7 Å². The second kappa shape index (κ2) is 12.6. The van der Waals surface area contributed by atoms with Gasteiger partial charge in [-0.1, -0.05) is 62.3 Å². The van der Waals surface area contributed by atoms with Crippen LogP contribution in [0.4, 0.5) is 4.79 Å². The number of carbonyl (C=O) groups is 1. The van der Waals surface area contributed by atoms with Gasteiger partial charge in [0.15, 0.2) is 8.32 Å². The van der Waals surface area contributed by atoms with Gasteiger partial charge in [0.05, 0.1) is 26.9 Å². The molecule has 6 nitrogen and oxygen atoms in total. The maximum absolute atomic E-state index is 13.3. The number of hydrogen-bond donors (Lipinski definition) is 1. The van der Waals surface area contributed by atoms with Crippen LogP contribution in [0.5, 0.6) is 11.5 Å². The monoisotopic (exact) mass is 525 g/mol. The Bertz CT molecular complexity index is 774. The van der Waals surface area contributed by atoms with Gasteiger partial charge in [0.1, 0.15) is 11.5 Å². The Kier molecular flexibility index (Phi) is 11.4. The minimum atomic E-state index is -2.35. The van der Waals surface area contributed by atoms with E-state index in [0.717, 1.165) is 17.1 Å². The molecule has 1 N–H and O–H groups in total. The third-order valence-electron chi connectivity index (χ3n) is 7.64. The Morgan fingerprint density at radius 2 is 1.34 bits per heavy atom. The maximum Gasteiger partial charge on any atom is 0.393 e. The summed E-state index contributed by atoms with van der Waals surface area (Å²) in [7, 11) is -1.08. The number of nitrogens with one attached hydrogen (secondary N) is 1. The summed E-state index contributed by atoms with van der Waals surface area (Å²) in [6, 6.07) is 5.56. The van der Waals surface area contributed by atoms with Gasteiger partial charge in [-0.3, -0.25) is 0 Å². The number of amides is 1. The average molecular weight is 526 g/mol. The Morgan fingerprint density at radius 1 is 0.886 bits per heavy atom. The molecule has 0 saturated carbocycles. The molecule has 1 amide bonds. The van der Waals surface area contributed by atoms with Gasteiger partial charge in [-0.25, -0.2) is 4.79 Å². The second-order valence-corrected chi connectivity index (χ2v) is 22.2. The highest BCUT2D eigenvalue weighted by Gasteiger charge is 2.48. The lowest BCUT2D eigenvalue weighted by atomic mass is 10.1. The Hall–Kier alpha value is -1.52. The van der Waals surface area contributed by atoms with Gasteiger partial charge >= 0.3 is 6.09 Å². The fourth-order valence-electron chi connectivity index (χ4n) is 4.66. The maximum atomic E-state index is 13.3. The zero-order valence-corrected chi connectivity index (χ0v) is 26.5. The molecule has 0 bridgehead atoms. The van der Waals surface area contributed by atoms with E-state index in [4.69, 9.17) is 18.3 Å². The molecular formula is C27H51NO5Si2. The molecule has 0 fully saturated rings. The summed E-state index contributed by atoms with van der Waals surface area (Å²) in [5, 5.41) is 3.25. The number of methoxy groups -OCH3 is 2. The Morgan fingerprint density at radius 3 is 1.71 bits per heavy atom. The van der Waals surface area contributed by atoms with E-state index in [1.54, 1.807) is 14.2 Å². The first-order valence-corrected chi connectivity index (χ1v) is 17.9. The van der Waals surface area contributed by atoms with Crippen molar-refractivity contribution in [2.24, 2.45) is 0 Å². The van der Waals surface area contributed by atoms with Crippen molar-refractivity contribution in [1.29, 1.82) is 0 Å². The van der Waals surface area contributed by atoms with E-state index in [1.165, 1.54) is 0 Å². The van der Waals surface area contributed by atoms with Crippen LogP contribution < -0.4 is 14.8 Å². The Labute approximate surface area is 216 Å². The summed E-state index contributed by atoms with van der Waals surface area (Å²) in [6.45, 7) is 24.6. The smallest absolute Gasteiger partial charge is 0.393 e. The van der Waals surface area contributed by atoms with Crippen LogP contribution in [0.25, 0.3) is 0 Å². The van der Waals surface area contributed by atoms with E-state index in [1.807, 2.05) is 18.2 Å². The molecule has 0 aromatic heterocycles. The lowest BCUT2D eigenvalue weighted by Gasteiger charge is -2.41. The zero-order chi connectivity index (χ0) is 27.2. The summed E-state index contributed by atoms with van der Waals surface area (Å²) in [5.74, 6) is 1.44. The summed E-state index contributed by atoms with van der Waals surface area (Å²) < 4.78 is 23.8. The van der Waals surface area contributed by atoms with Gasteiger partial charge in [0, 0.05) is 6.07 Å². The predicted octanol–water partition coefficient (Wildman–Crippen LogP) is 7.54. The minimum absolute atomic E-state index is 0.0756. The van der Waals surface area contributed by atoms with Gasteiger partial charge in [-0.2, -0.15) is 0 Å². The van der Waals surface area contributed by atoms with Crippen LogP contribution in [-0.4, -0.2) is 49.6 Å². The van der Waals surface area contributed by atoms with Gasteiger partial charge in [-0.05, 0) is 58.9 Å². The molecule has 35 heavy (non-hydrogen) atoms. The molecule has 1 aromatic carbocycles. The highest BCUT2D eigenvalue weighted by molar-refractivity contribution is 6.78. The van der Waals surface area contributed by atoms with Crippen LogP contribution in [0.15, 0.2) is 18.2 Å². The topological polar surface area (TPSA) is 66.0 Å². The molecule has 0 radical (unpaired) electrons. The van der Waals surface area contributed by atoms with Crippen molar-refractivity contribution >= 4 is 22.7 Å². The molecule has 8 heteroatoms. The molecule has 0 aliphatic carbocycles. The molecule has 0 aliphatic heterocycles. The third kappa shape index (κ3) is 8.25. The van der Waals surface area contributed by atoms with Crippen LogP contribution in [0.3, 0.4) is 0 Å². The number of carbonyl (C=O) groups excluding carboxylic acids is 1. The molecule has 0 heterocycles. The lowest BCUT2D eigenvalue weighted by Crippen LogP contribution is -2.53. The van der Waals surface area contributed by atoms with Crippen molar-refractivity contribution in [3.8, 4) is 11.5 Å². The summed E-state index contributed by atoms with van der Waals surface area (Å²) in [4.78, 5) is 13.3. The fraction of sp³-hybridized carbons (Fsp3) is 0.741. The molecule has 0 saturated heterocycles. The molecule has 1 atom stereocenters. The molecule has 0 spiro atoms. The van der Waals surface area contributed by atoms with Crippen molar-refractivity contribution in [2.75, 3.05) is 20.8 Å². The van der Waals surface area contributed by atoms with Gasteiger partial charge < -0.3 is 23.6 Å². The van der Waals surface area contributed by atoms with Crippen molar-refractivity contribution in [1.82, 2.24) is 5.32 Å². The van der Waals surface area contributed by atoms with E-state index in [9.17, 15) is 4.79 Å². The van der Waals surface area contributed by atoms with Crippen LogP contribution in [0.1, 0.15) is 67.9 Å². The van der Waals surface area contributed by atoms with E-state index in [-0.39, 0.29) is 17.2 Å². The Balaban J connectivity index is 3.23. The first-order chi connectivity index (χ1) is 16.0.